The molecule has 0 amide bonds. The summed E-state index contributed by atoms with van der Waals surface area (Å²) in [5.74, 6) is -1.96. The second kappa shape index (κ2) is 4.28. The van der Waals surface area contributed by atoms with Crippen LogP contribution >= 0.6 is 0 Å². The van der Waals surface area contributed by atoms with E-state index in [1.165, 1.54) is 12.1 Å². The molecule has 0 spiro atoms. The lowest BCUT2D eigenvalue weighted by atomic mass is 10.1. The van der Waals surface area contributed by atoms with Crippen molar-refractivity contribution in [1.29, 1.82) is 10.7 Å². The fourth-order valence-electron chi connectivity index (χ4n) is 0.880. The van der Waals surface area contributed by atoms with Crippen molar-refractivity contribution in [2.24, 2.45) is 0 Å². The van der Waals surface area contributed by atoms with Crippen LogP contribution in [0.25, 0.3) is 0 Å². The van der Waals surface area contributed by atoms with Gasteiger partial charge in [-0.1, -0.05) is 0 Å². The van der Waals surface area contributed by atoms with Crippen molar-refractivity contribution < 1.29 is 8.78 Å². The van der Waals surface area contributed by atoms with Crippen LogP contribution in [0.3, 0.4) is 0 Å². The first-order valence-electron chi connectivity index (χ1n) is 3.75. The molecule has 1 rings (SSSR count). The van der Waals surface area contributed by atoms with Gasteiger partial charge in [-0.15, -0.1) is 0 Å². The molecule has 0 heterocycles. The monoisotopic (exact) mass is 192 g/mol. The summed E-state index contributed by atoms with van der Waals surface area (Å²) in [6.07, 6.45) is 2.32. The Morgan fingerprint density at radius 1 is 1.36 bits per heavy atom. The summed E-state index contributed by atoms with van der Waals surface area (Å²) in [6, 6.07) is 4.85. The Morgan fingerprint density at radius 2 is 2.07 bits per heavy atom. The average Bonchev–Trinajstić information content (AvgIpc) is 2.18. The quantitative estimate of drug-likeness (QED) is 0.567. The largest absolute Gasteiger partial charge is 0.300 e. The van der Waals surface area contributed by atoms with Gasteiger partial charge in [0.2, 0.25) is 0 Å². The van der Waals surface area contributed by atoms with Gasteiger partial charge in [-0.2, -0.15) is 5.26 Å². The lowest BCUT2D eigenvalue weighted by Gasteiger charge is -1.98. The van der Waals surface area contributed by atoms with Gasteiger partial charge in [0.05, 0.1) is 11.8 Å². The van der Waals surface area contributed by atoms with Crippen LogP contribution in [-0.4, -0.2) is 5.71 Å². The molecule has 4 heteroatoms. The van der Waals surface area contributed by atoms with Crippen LogP contribution in [0.15, 0.2) is 30.4 Å². The van der Waals surface area contributed by atoms with E-state index in [9.17, 15) is 8.78 Å². The normalized spacial score (nSPS) is 10.1. The van der Waals surface area contributed by atoms with E-state index in [4.69, 9.17) is 10.7 Å². The Kier molecular flexibility index (Phi) is 3.08. The molecular formula is C10H6F2N2. The van der Waals surface area contributed by atoms with Gasteiger partial charge in [0.15, 0.2) is 11.6 Å². The standard InChI is InChI=1S/C10H6F2N2/c11-8-4-3-7(6-9(8)12)10(14)2-1-5-13/h1-4,6,14H/b2-1-,14-10?. The fourth-order valence-corrected chi connectivity index (χ4v) is 0.880. The van der Waals surface area contributed by atoms with Crippen LogP contribution in [0.5, 0.6) is 0 Å². The molecule has 2 nitrogen and oxygen atoms in total. The summed E-state index contributed by atoms with van der Waals surface area (Å²) in [7, 11) is 0. The van der Waals surface area contributed by atoms with Crippen LogP contribution in [-0.2, 0) is 0 Å². The number of hydrogen-bond acceptors (Lipinski definition) is 2. The van der Waals surface area contributed by atoms with Crippen LogP contribution < -0.4 is 0 Å². The smallest absolute Gasteiger partial charge is 0.159 e. The van der Waals surface area contributed by atoms with Crippen LogP contribution in [0.2, 0.25) is 0 Å². The van der Waals surface area contributed by atoms with Crippen molar-refractivity contribution in [3.8, 4) is 6.07 Å². The summed E-state index contributed by atoms with van der Waals surface area (Å²) in [5, 5.41) is 15.6. The molecule has 0 unspecified atom stereocenters. The number of nitrogens with one attached hydrogen (secondary N) is 1. The minimum absolute atomic E-state index is 0.0366. The first-order chi connectivity index (χ1) is 6.65. The fraction of sp³-hybridized carbons (Fsp3) is 0. The molecule has 1 N–H and O–H groups in total. The van der Waals surface area contributed by atoms with Gasteiger partial charge in [0, 0.05) is 11.6 Å². The third kappa shape index (κ3) is 2.23. The molecule has 0 aliphatic heterocycles. The molecular weight excluding hydrogens is 186 g/mol. The molecule has 1 aromatic carbocycles. The zero-order valence-electron chi connectivity index (χ0n) is 7.09. The van der Waals surface area contributed by atoms with Crippen molar-refractivity contribution in [3.63, 3.8) is 0 Å². The van der Waals surface area contributed by atoms with E-state index in [1.54, 1.807) is 6.07 Å². The van der Waals surface area contributed by atoms with Crippen molar-refractivity contribution >= 4 is 5.71 Å². The third-order valence-corrected chi connectivity index (χ3v) is 1.56. The maximum atomic E-state index is 12.7. The van der Waals surface area contributed by atoms with Gasteiger partial charge in [0.1, 0.15) is 0 Å². The van der Waals surface area contributed by atoms with Gasteiger partial charge in [-0.25, -0.2) is 8.78 Å². The van der Waals surface area contributed by atoms with E-state index in [1.807, 2.05) is 0 Å². The van der Waals surface area contributed by atoms with E-state index in [0.29, 0.717) is 0 Å². The Morgan fingerprint density at radius 3 is 2.64 bits per heavy atom. The Balaban J connectivity index is 2.98. The second-order valence-electron chi connectivity index (χ2n) is 2.50. The number of halogens is 2. The lowest BCUT2D eigenvalue weighted by molar-refractivity contribution is 0.508. The van der Waals surface area contributed by atoms with Crippen molar-refractivity contribution in [1.82, 2.24) is 0 Å². The Labute approximate surface area is 79.6 Å². The van der Waals surface area contributed by atoms with E-state index in [-0.39, 0.29) is 11.3 Å². The highest BCUT2D eigenvalue weighted by Crippen LogP contribution is 2.09. The summed E-state index contributed by atoms with van der Waals surface area (Å²) in [6.45, 7) is 0. The van der Waals surface area contributed by atoms with E-state index in [0.717, 1.165) is 18.2 Å². The van der Waals surface area contributed by atoms with Crippen LogP contribution in [0, 0.1) is 28.4 Å². The average molecular weight is 192 g/mol. The summed E-state index contributed by atoms with van der Waals surface area (Å²) in [4.78, 5) is 0. The van der Waals surface area contributed by atoms with Crippen LogP contribution in [0.1, 0.15) is 5.56 Å². The number of rotatable bonds is 2. The molecule has 0 aromatic heterocycles. The molecule has 0 radical (unpaired) electrons. The zero-order valence-corrected chi connectivity index (χ0v) is 7.09. The van der Waals surface area contributed by atoms with Gasteiger partial charge >= 0.3 is 0 Å². The van der Waals surface area contributed by atoms with E-state index < -0.39 is 11.6 Å². The number of allylic oxidation sites excluding steroid dienone is 2. The van der Waals surface area contributed by atoms with E-state index >= 15 is 0 Å². The first kappa shape index (κ1) is 10.1. The van der Waals surface area contributed by atoms with Gasteiger partial charge in [-0.3, -0.25) is 0 Å². The molecule has 14 heavy (non-hydrogen) atoms. The topological polar surface area (TPSA) is 47.6 Å². The highest BCUT2D eigenvalue weighted by Gasteiger charge is 2.04. The summed E-state index contributed by atoms with van der Waals surface area (Å²) >= 11 is 0. The van der Waals surface area contributed by atoms with Crippen molar-refractivity contribution in [3.05, 3.63) is 47.5 Å². The predicted molar refractivity (Wildman–Crippen MR) is 47.9 cm³/mol. The number of hydrogen-bond donors (Lipinski definition) is 1. The maximum absolute atomic E-state index is 12.7. The second-order valence-corrected chi connectivity index (χ2v) is 2.50. The lowest BCUT2D eigenvalue weighted by Crippen LogP contribution is -1.96. The predicted octanol–water partition coefficient (Wildman–Crippen LogP) is 2.41. The molecule has 0 atom stereocenters. The molecule has 0 bridgehead atoms. The zero-order chi connectivity index (χ0) is 10.6. The molecule has 0 saturated heterocycles. The third-order valence-electron chi connectivity index (χ3n) is 1.56. The molecule has 0 aliphatic rings. The highest BCUT2D eigenvalue weighted by atomic mass is 19.2. The number of benzene rings is 1. The highest BCUT2D eigenvalue weighted by molar-refractivity contribution is 6.06. The SMILES string of the molecule is N#C/C=C\C(=N)c1ccc(F)c(F)c1. The van der Waals surface area contributed by atoms with E-state index in [2.05, 4.69) is 0 Å². The minimum Gasteiger partial charge on any atom is -0.300 e. The minimum atomic E-state index is -1.00. The Bertz CT molecular complexity index is 430. The molecule has 0 saturated carbocycles. The van der Waals surface area contributed by atoms with Gasteiger partial charge in [0.25, 0.3) is 0 Å². The molecule has 0 fully saturated rings. The molecule has 0 aliphatic carbocycles. The van der Waals surface area contributed by atoms with Crippen molar-refractivity contribution in [2.45, 2.75) is 0 Å². The number of nitrogens with zero attached hydrogens (tertiary/aromatic N) is 1. The van der Waals surface area contributed by atoms with Crippen molar-refractivity contribution in [2.75, 3.05) is 0 Å². The summed E-state index contributed by atoms with van der Waals surface area (Å²) < 4.78 is 25.2. The molecule has 1 aromatic rings. The molecule has 70 valence electrons. The Hall–Kier alpha value is -2.02. The van der Waals surface area contributed by atoms with Crippen LogP contribution in [0.4, 0.5) is 8.78 Å². The summed E-state index contributed by atoms with van der Waals surface area (Å²) in [5.41, 5.74) is 0.195. The number of nitriles is 1. The first-order valence-corrected chi connectivity index (χ1v) is 3.75. The van der Waals surface area contributed by atoms with Gasteiger partial charge < -0.3 is 5.41 Å². The van der Waals surface area contributed by atoms with Gasteiger partial charge in [-0.05, 0) is 24.3 Å². The maximum Gasteiger partial charge on any atom is 0.159 e.